The molecule has 0 aliphatic heterocycles. The van der Waals surface area contributed by atoms with E-state index in [9.17, 15) is 13.2 Å². The van der Waals surface area contributed by atoms with Gasteiger partial charge in [-0.15, -0.1) is 0 Å². The molecule has 0 radical (unpaired) electrons. The van der Waals surface area contributed by atoms with Crippen molar-refractivity contribution in [3.05, 3.63) is 47.5 Å². The first kappa shape index (κ1) is 25.7. The minimum atomic E-state index is -3.67. The molecule has 0 fully saturated rings. The monoisotopic (exact) mass is 462 g/mol. The van der Waals surface area contributed by atoms with Crippen LogP contribution in [0.15, 0.2) is 41.3 Å². The first-order valence-corrected chi connectivity index (χ1v) is 12.4. The number of sulfonamides is 1. The molecule has 0 aliphatic carbocycles. The number of nitrogens with zero attached hydrogens (tertiary/aromatic N) is 1. The van der Waals surface area contributed by atoms with Gasteiger partial charge >= 0.3 is 0 Å². The molecule has 1 N–H and O–H groups in total. The first-order chi connectivity index (χ1) is 15.1. The molecule has 0 aromatic heterocycles. The second-order valence-corrected chi connectivity index (χ2v) is 9.65. The number of amides is 1. The van der Waals surface area contributed by atoms with Crippen molar-refractivity contribution < 1.29 is 22.7 Å². The lowest BCUT2D eigenvalue weighted by atomic mass is 10.0. The van der Waals surface area contributed by atoms with Crippen LogP contribution in [-0.4, -0.2) is 44.9 Å². The van der Waals surface area contributed by atoms with Gasteiger partial charge < -0.3 is 14.8 Å². The third-order valence-corrected chi connectivity index (χ3v) is 7.06. The van der Waals surface area contributed by atoms with Crippen molar-refractivity contribution in [1.82, 2.24) is 4.31 Å². The van der Waals surface area contributed by atoms with Gasteiger partial charge in [0.2, 0.25) is 10.0 Å². The number of hydrogen-bond donors (Lipinski definition) is 1. The third kappa shape index (κ3) is 6.23. The standard InChI is InChI=1S/C24H34N2O5S/c1-7-26(8-2)32(28,29)19-11-13-22(30-9-3)21(15-19)25-24(27)16-31-23-14-18(6)10-12-20(23)17(4)5/h10-15,17H,7-9,16H2,1-6H3,(H,25,27). The van der Waals surface area contributed by atoms with E-state index in [1.807, 2.05) is 32.0 Å². The number of rotatable bonds is 11. The molecule has 2 rings (SSSR count). The van der Waals surface area contributed by atoms with Crippen molar-refractivity contribution in [2.45, 2.75) is 52.4 Å². The topological polar surface area (TPSA) is 84.9 Å². The van der Waals surface area contributed by atoms with Crippen molar-refractivity contribution in [3.63, 3.8) is 0 Å². The normalized spacial score (nSPS) is 11.6. The molecule has 0 unspecified atom stereocenters. The van der Waals surface area contributed by atoms with Gasteiger partial charge in [-0.1, -0.05) is 39.8 Å². The van der Waals surface area contributed by atoms with Crippen LogP contribution in [0, 0.1) is 6.92 Å². The van der Waals surface area contributed by atoms with Crippen molar-refractivity contribution in [1.29, 1.82) is 0 Å². The molecule has 176 valence electrons. The molecule has 0 bridgehead atoms. The van der Waals surface area contributed by atoms with E-state index in [2.05, 4.69) is 19.2 Å². The second-order valence-electron chi connectivity index (χ2n) is 7.71. The van der Waals surface area contributed by atoms with E-state index in [0.29, 0.717) is 36.9 Å². The predicted octanol–water partition coefficient (Wildman–Crippen LogP) is 4.57. The van der Waals surface area contributed by atoms with Crippen LogP contribution in [0.25, 0.3) is 0 Å². The van der Waals surface area contributed by atoms with Gasteiger partial charge in [0.15, 0.2) is 6.61 Å². The summed E-state index contributed by atoms with van der Waals surface area (Å²) in [5.41, 5.74) is 2.35. The maximum Gasteiger partial charge on any atom is 0.262 e. The first-order valence-electron chi connectivity index (χ1n) is 10.9. The van der Waals surface area contributed by atoms with Crippen LogP contribution >= 0.6 is 0 Å². The smallest absolute Gasteiger partial charge is 0.262 e. The highest BCUT2D eigenvalue weighted by atomic mass is 32.2. The highest BCUT2D eigenvalue weighted by Crippen LogP contribution is 2.30. The minimum Gasteiger partial charge on any atom is -0.492 e. The van der Waals surface area contributed by atoms with E-state index < -0.39 is 15.9 Å². The Hall–Kier alpha value is -2.58. The molecular weight excluding hydrogens is 428 g/mol. The molecule has 0 spiro atoms. The number of anilines is 1. The molecule has 0 saturated carbocycles. The zero-order chi connectivity index (χ0) is 23.9. The lowest BCUT2D eigenvalue weighted by Gasteiger charge is -2.20. The minimum absolute atomic E-state index is 0.0987. The quantitative estimate of drug-likeness (QED) is 0.529. The summed E-state index contributed by atoms with van der Waals surface area (Å²) in [4.78, 5) is 12.8. The van der Waals surface area contributed by atoms with Crippen LogP contribution in [0.1, 0.15) is 51.7 Å². The van der Waals surface area contributed by atoms with Crippen LogP contribution in [-0.2, 0) is 14.8 Å². The van der Waals surface area contributed by atoms with Crippen LogP contribution in [0.4, 0.5) is 5.69 Å². The maximum absolute atomic E-state index is 12.9. The number of benzene rings is 2. The van der Waals surface area contributed by atoms with Crippen molar-refractivity contribution in [2.24, 2.45) is 0 Å². The third-order valence-electron chi connectivity index (χ3n) is 5.02. The molecule has 1 amide bonds. The Morgan fingerprint density at radius 1 is 1.00 bits per heavy atom. The lowest BCUT2D eigenvalue weighted by molar-refractivity contribution is -0.118. The Morgan fingerprint density at radius 3 is 2.28 bits per heavy atom. The average molecular weight is 463 g/mol. The number of carbonyl (C=O) groups excluding carboxylic acids is 1. The second kappa shape index (κ2) is 11.3. The average Bonchev–Trinajstić information content (AvgIpc) is 2.74. The Bertz CT molecular complexity index is 1030. The van der Waals surface area contributed by atoms with Crippen molar-refractivity contribution >= 4 is 21.6 Å². The Balaban J connectivity index is 2.25. The summed E-state index contributed by atoms with van der Waals surface area (Å²) >= 11 is 0. The van der Waals surface area contributed by atoms with Gasteiger partial charge in [-0.3, -0.25) is 4.79 Å². The lowest BCUT2D eigenvalue weighted by Crippen LogP contribution is -2.30. The van der Waals surface area contributed by atoms with Gasteiger partial charge in [0.05, 0.1) is 17.2 Å². The SMILES string of the molecule is CCOc1ccc(S(=O)(=O)N(CC)CC)cc1NC(=O)COc1cc(C)ccc1C(C)C. The van der Waals surface area contributed by atoms with Gasteiger partial charge in [-0.05, 0) is 55.2 Å². The van der Waals surface area contributed by atoms with Gasteiger partial charge in [-0.2, -0.15) is 4.31 Å². The zero-order valence-electron chi connectivity index (χ0n) is 19.8. The fourth-order valence-corrected chi connectivity index (χ4v) is 4.82. The molecule has 0 heterocycles. The zero-order valence-corrected chi connectivity index (χ0v) is 20.6. The summed E-state index contributed by atoms with van der Waals surface area (Å²) in [5, 5.41) is 2.74. The number of ether oxygens (including phenoxy) is 2. The molecule has 0 saturated heterocycles. The fraction of sp³-hybridized carbons (Fsp3) is 0.458. The summed E-state index contributed by atoms with van der Waals surface area (Å²) < 4.78 is 38.5. The Morgan fingerprint density at radius 2 is 1.69 bits per heavy atom. The number of nitrogens with one attached hydrogen (secondary N) is 1. The molecule has 8 heteroatoms. The van der Waals surface area contributed by atoms with E-state index >= 15 is 0 Å². The molecule has 0 aliphatic rings. The van der Waals surface area contributed by atoms with Crippen molar-refractivity contribution in [2.75, 3.05) is 31.6 Å². The predicted molar refractivity (Wildman–Crippen MR) is 127 cm³/mol. The van der Waals surface area contributed by atoms with Crippen LogP contribution in [0.2, 0.25) is 0 Å². The number of aryl methyl sites for hydroxylation is 1. The van der Waals surface area contributed by atoms with Crippen molar-refractivity contribution in [3.8, 4) is 11.5 Å². The molecule has 7 nitrogen and oxygen atoms in total. The van der Waals surface area contributed by atoms with Gasteiger partial charge in [-0.25, -0.2) is 8.42 Å². The molecule has 2 aromatic rings. The van der Waals surface area contributed by atoms with E-state index in [-0.39, 0.29) is 17.4 Å². The Kier molecular flexibility index (Phi) is 9.09. The van der Waals surface area contributed by atoms with Gasteiger partial charge in [0, 0.05) is 13.1 Å². The molecular formula is C24H34N2O5S. The van der Waals surface area contributed by atoms with Gasteiger partial charge in [0.25, 0.3) is 5.91 Å². The van der Waals surface area contributed by atoms with E-state index in [1.165, 1.54) is 16.4 Å². The van der Waals surface area contributed by atoms with E-state index in [0.717, 1.165) is 11.1 Å². The highest BCUT2D eigenvalue weighted by molar-refractivity contribution is 7.89. The number of hydrogen-bond acceptors (Lipinski definition) is 5. The van der Waals surface area contributed by atoms with E-state index in [1.54, 1.807) is 19.9 Å². The summed E-state index contributed by atoms with van der Waals surface area (Å²) in [6.45, 7) is 12.4. The molecule has 32 heavy (non-hydrogen) atoms. The molecule has 0 atom stereocenters. The summed E-state index contributed by atoms with van der Waals surface area (Å²) in [7, 11) is -3.67. The van der Waals surface area contributed by atoms with E-state index in [4.69, 9.17) is 9.47 Å². The van der Waals surface area contributed by atoms with Crippen LogP contribution in [0.3, 0.4) is 0 Å². The maximum atomic E-state index is 12.9. The van der Waals surface area contributed by atoms with Crippen LogP contribution < -0.4 is 14.8 Å². The number of carbonyl (C=O) groups is 1. The fourth-order valence-electron chi connectivity index (χ4n) is 3.33. The molecule has 2 aromatic carbocycles. The van der Waals surface area contributed by atoms with Gasteiger partial charge in [0.1, 0.15) is 11.5 Å². The Labute approximate surface area is 191 Å². The van der Waals surface area contributed by atoms with Crippen LogP contribution in [0.5, 0.6) is 11.5 Å². The summed E-state index contributed by atoms with van der Waals surface area (Å²) in [5.74, 6) is 0.913. The highest BCUT2D eigenvalue weighted by Gasteiger charge is 2.23. The largest absolute Gasteiger partial charge is 0.492 e. The summed E-state index contributed by atoms with van der Waals surface area (Å²) in [6, 6.07) is 10.4. The summed E-state index contributed by atoms with van der Waals surface area (Å²) in [6.07, 6.45) is 0.